The Balaban J connectivity index is 1.77. The average Bonchev–Trinajstić information content (AvgIpc) is 2.87. The molecule has 142 valence electrons. The minimum atomic E-state index is -0.204. The molecular weight excluding hydrogens is 334 g/mol. The van der Waals surface area contributed by atoms with Crippen molar-refractivity contribution in [3.8, 4) is 6.07 Å². The van der Waals surface area contributed by atoms with E-state index in [0.717, 1.165) is 38.2 Å². The molecule has 1 aliphatic heterocycles. The molecule has 0 atom stereocenters. The predicted molar refractivity (Wildman–Crippen MR) is 97.7 cm³/mol. The summed E-state index contributed by atoms with van der Waals surface area (Å²) in [6.45, 7) is 9.85. The van der Waals surface area contributed by atoms with Crippen molar-refractivity contribution in [2.24, 2.45) is 0 Å². The van der Waals surface area contributed by atoms with Gasteiger partial charge in [0.2, 0.25) is 17.7 Å². The summed E-state index contributed by atoms with van der Waals surface area (Å²) in [5, 5.41) is 14.8. The van der Waals surface area contributed by atoms with Crippen LogP contribution < -0.4 is 10.6 Å². The van der Waals surface area contributed by atoms with Crippen LogP contribution in [0.4, 0.5) is 5.88 Å². The third kappa shape index (κ3) is 5.31. The fourth-order valence-corrected chi connectivity index (χ4v) is 2.85. The summed E-state index contributed by atoms with van der Waals surface area (Å²) >= 11 is 0. The number of piperazine rings is 1. The number of furan rings is 1. The molecule has 8 heteroatoms. The number of hydrogen-bond acceptors (Lipinski definition) is 6. The molecule has 1 aromatic rings. The van der Waals surface area contributed by atoms with Gasteiger partial charge in [0.25, 0.3) is 0 Å². The Labute approximate surface area is 154 Å². The number of rotatable bonds is 7. The average molecular weight is 361 g/mol. The van der Waals surface area contributed by atoms with Gasteiger partial charge in [0.15, 0.2) is 0 Å². The Kier molecular flexibility index (Phi) is 7.18. The third-order valence-electron chi connectivity index (χ3n) is 4.52. The smallest absolute Gasteiger partial charge is 0.240 e. The lowest BCUT2D eigenvalue weighted by Gasteiger charge is -2.33. The van der Waals surface area contributed by atoms with E-state index in [1.165, 1.54) is 0 Å². The number of carbonyl (C=O) groups excluding carboxylic acids is 2. The van der Waals surface area contributed by atoms with Crippen molar-refractivity contribution in [2.75, 3.05) is 51.1 Å². The Morgan fingerprint density at radius 1 is 1.12 bits per heavy atom. The molecule has 1 aromatic heterocycles. The number of anilines is 1. The highest BCUT2D eigenvalue weighted by atomic mass is 16.4. The van der Waals surface area contributed by atoms with E-state index in [1.807, 2.05) is 11.8 Å². The molecule has 0 unspecified atom stereocenters. The summed E-state index contributed by atoms with van der Waals surface area (Å²) in [4.78, 5) is 28.1. The van der Waals surface area contributed by atoms with Crippen molar-refractivity contribution < 1.29 is 14.0 Å². The van der Waals surface area contributed by atoms with Gasteiger partial charge >= 0.3 is 0 Å². The monoisotopic (exact) mass is 361 g/mol. The Morgan fingerprint density at radius 2 is 1.69 bits per heavy atom. The lowest BCUT2D eigenvalue weighted by Crippen LogP contribution is -2.51. The number of nitrogens with one attached hydrogen (secondary N) is 2. The van der Waals surface area contributed by atoms with Gasteiger partial charge in [0, 0.05) is 38.3 Å². The maximum atomic E-state index is 12.2. The topological polar surface area (TPSA) is 102 Å². The standard InChI is InChI=1S/C18H27N5O3/c1-4-5-20-16(24)11-22-6-8-23(9-7-22)12-17(25)21-18-15(10-19)13(2)14(3)26-18/h4-9,11-12H2,1-3H3,(H,20,24)(H,21,25). The van der Waals surface area contributed by atoms with Crippen LogP contribution in [0.1, 0.15) is 30.2 Å². The van der Waals surface area contributed by atoms with Gasteiger partial charge in [-0.05, 0) is 20.3 Å². The van der Waals surface area contributed by atoms with Crippen molar-refractivity contribution >= 4 is 17.7 Å². The fraction of sp³-hybridized carbons (Fsp3) is 0.611. The highest BCUT2D eigenvalue weighted by molar-refractivity contribution is 5.92. The van der Waals surface area contributed by atoms with Gasteiger partial charge in [-0.15, -0.1) is 0 Å². The van der Waals surface area contributed by atoms with Gasteiger partial charge < -0.3 is 9.73 Å². The first-order valence-corrected chi connectivity index (χ1v) is 8.96. The first kappa shape index (κ1) is 19.9. The van der Waals surface area contributed by atoms with Gasteiger partial charge in [-0.2, -0.15) is 5.26 Å². The van der Waals surface area contributed by atoms with Crippen LogP contribution in [0.2, 0.25) is 0 Å². The number of nitrogens with zero attached hydrogens (tertiary/aromatic N) is 3. The van der Waals surface area contributed by atoms with Crippen LogP contribution in [0.3, 0.4) is 0 Å². The molecule has 1 saturated heterocycles. The number of amides is 2. The Bertz CT molecular complexity index is 684. The first-order chi connectivity index (χ1) is 12.4. The predicted octanol–water partition coefficient (Wildman–Crippen LogP) is 0.850. The minimum absolute atomic E-state index is 0.0469. The lowest BCUT2D eigenvalue weighted by molar-refractivity contribution is -0.123. The van der Waals surface area contributed by atoms with Crippen molar-refractivity contribution in [3.63, 3.8) is 0 Å². The van der Waals surface area contributed by atoms with E-state index in [1.54, 1.807) is 13.8 Å². The molecule has 0 saturated carbocycles. The van der Waals surface area contributed by atoms with Gasteiger partial charge in [-0.3, -0.25) is 24.7 Å². The van der Waals surface area contributed by atoms with Crippen LogP contribution in [0.15, 0.2) is 4.42 Å². The summed E-state index contributed by atoms with van der Waals surface area (Å²) < 4.78 is 5.46. The molecular formula is C18H27N5O3. The molecule has 0 bridgehead atoms. The van der Waals surface area contributed by atoms with Gasteiger partial charge in [-0.25, -0.2) is 0 Å². The van der Waals surface area contributed by atoms with Crippen LogP contribution in [-0.4, -0.2) is 67.4 Å². The molecule has 0 spiro atoms. The van der Waals surface area contributed by atoms with E-state index in [4.69, 9.17) is 4.42 Å². The number of nitriles is 1. The molecule has 1 fully saturated rings. The third-order valence-corrected chi connectivity index (χ3v) is 4.52. The molecule has 0 aliphatic carbocycles. The molecule has 2 rings (SSSR count). The van der Waals surface area contributed by atoms with E-state index in [9.17, 15) is 14.9 Å². The van der Waals surface area contributed by atoms with E-state index >= 15 is 0 Å². The van der Waals surface area contributed by atoms with Gasteiger partial charge in [0.05, 0.1) is 13.1 Å². The molecule has 0 radical (unpaired) electrons. The molecule has 0 aromatic carbocycles. The largest absolute Gasteiger partial charge is 0.444 e. The van der Waals surface area contributed by atoms with Gasteiger partial charge in [-0.1, -0.05) is 6.92 Å². The van der Waals surface area contributed by atoms with Crippen molar-refractivity contribution in [3.05, 3.63) is 16.9 Å². The Hall–Kier alpha value is -2.37. The highest BCUT2D eigenvalue weighted by Gasteiger charge is 2.22. The SMILES string of the molecule is CCCNC(=O)CN1CCN(CC(=O)Nc2oc(C)c(C)c2C#N)CC1. The maximum absolute atomic E-state index is 12.2. The zero-order valence-corrected chi connectivity index (χ0v) is 15.7. The van der Waals surface area contributed by atoms with Crippen molar-refractivity contribution in [1.82, 2.24) is 15.1 Å². The molecule has 2 N–H and O–H groups in total. The molecule has 26 heavy (non-hydrogen) atoms. The Morgan fingerprint density at radius 3 is 2.23 bits per heavy atom. The quantitative estimate of drug-likeness (QED) is 0.747. The van der Waals surface area contributed by atoms with Crippen LogP contribution in [0.5, 0.6) is 0 Å². The molecule has 2 amide bonds. The normalized spacial score (nSPS) is 15.5. The lowest BCUT2D eigenvalue weighted by atomic mass is 10.2. The number of aryl methyl sites for hydroxylation is 1. The van der Waals surface area contributed by atoms with E-state index in [-0.39, 0.29) is 24.2 Å². The van der Waals surface area contributed by atoms with Crippen LogP contribution >= 0.6 is 0 Å². The molecule has 1 aliphatic rings. The van der Waals surface area contributed by atoms with Crippen molar-refractivity contribution in [1.29, 1.82) is 5.26 Å². The summed E-state index contributed by atoms with van der Waals surface area (Å²) in [6, 6.07) is 2.07. The van der Waals surface area contributed by atoms with Crippen LogP contribution in [-0.2, 0) is 9.59 Å². The van der Waals surface area contributed by atoms with Crippen LogP contribution in [0.25, 0.3) is 0 Å². The molecule has 8 nitrogen and oxygen atoms in total. The highest BCUT2D eigenvalue weighted by Crippen LogP contribution is 2.25. The van der Waals surface area contributed by atoms with E-state index in [0.29, 0.717) is 24.4 Å². The fourth-order valence-electron chi connectivity index (χ4n) is 2.85. The maximum Gasteiger partial charge on any atom is 0.240 e. The second-order valence-electron chi connectivity index (χ2n) is 6.55. The summed E-state index contributed by atoms with van der Waals surface area (Å²) in [6.07, 6.45) is 0.927. The van der Waals surface area contributed by atoms with E-state index in [2.05, 4.69) is 21.6 Å². The molecule has 2 heterocycles. The minimum Gasteiger partial charge on any atom is -0.444 e. The summed E-state index contributed by atoms with van der Waals surface area (Å²) in [7, 11) is 0. The van der Waals surface area contributed by atoms with Gasteiger partial charge in [0.1, 0.15) is 17.4 Å². The second-order valence-corrected chi connectivity index (χ2v) is 6.55. The second kappa shape index (κ2) is 9.36. The summed E-state index contributed by atoms with van der Waals surface area (Å²) in [5.41, 5.74) is 1.12. The van der Waals surface area contributed by atoms with Crippen LogP contribution in [0, 0.1) is 25.2 Å². The first-order valence-electron chi connectivity index (χ1n) is 8.96. The number of hydrogen-bond donors (Lipinski definition) is 2. The van der Waals surface area contributed by atoms with Crippen molar-refractivity contribution in [2.45, 2.75) is 27.2 Å². The number of carbonyl (C=O) groups is 2. The zero-order valence-electron chi connectivity index (χ0n) is 15.7. The van der Waals surface area contributed by atoms with E-state index < -0.39 is 0 Å². The summed E-state index contributed by atoms with van der Waals surface area (Å²) in [5.74, 6) is 0.695. The zero-order chi connectivity index (χ0) is 19.1.